The van der Waals surface area contributed by atoms with E-state index in [4.69, 9.17) is 13.9 Å². The van der Waals surface area contributed by atoms with Crippen LogP contribution in [0.2, 0.25) is 0 Å². The summed E-state index contributed by atoms with van der Waals surface area (Å²) in [5.74, 6) is 0.690. The predicted octanol–water partition coefficient (Wildman–Crippen LogP) is 3.41. The second kappa shape index (κ2) is 9.04. The molecule has 2 aromatic carbocycles. The first-order valence-corrected chi connectivity index (χ1v) is 10.7. The summed E-state index contributed by atoms with van der Waals surface area (Å²) in [6.45, 7) is 2.21. The number of carbonyl (C=O) groups excluding carboxylic acids is 1. The van der Waals surface area contributed by atoms with Crippen molar-refractivity contribution < 1.29 is 27.1 Å². The van der Waals surface area contributed by atoms with Crippen molar-refractivity contribution in [3.8, 4) is 11.5 Å². The van der Waals surface area contributed by atoms with E-state index in [-0.39, 0.29) is 15.7 Å². The predicted molar refractivity (Wildman–Crippen MR) is 111 cm³/mol. The van der Waals surface area contributed by atoms with Crippen molar-refractivity contribution in [2.75, 3.05) is 20.8 Å². The van der Waals surface area contributed by atoms with Gasteiger partial charge in [0.15, 0.2) is 17.3 Å². The molecule has 0 fully saturated rings. The van der Waals surface area contributed by atoms with Crippen LogP contribution in [0.1, 0.15) is 21.7 Å². The van der Waals surface area contributed by atoms with E-state index in [1.807, 2.05) is 19.1 Å². The highest BCUT2D eigenvalue weighted by atomic mass is 32.2. The number of hydrogen-bond acceptors (Lipinski definition) is 6. The molecule has 0 saturated carbocycles. The van der Waals surface area contributed by atoms with Crippen LogP contribution in [0.5, 0.6) is 11.5 Å². The SMILES string of the molecule is COc1ccc(CCNC(=O)c2ccc(S(=O)(=O)c3ccc(C)cc3)o2)cc1OC. The van der Waals surface area contributed by atoms with Gasteiger partial charge in [0, 0.05) is 6.54 Å². The molecule has 0 radical (unpaired) electrons. The fourth-order valence-corrected chi connectivity index (χ4v) is 4.04. The molecular formula is C22H23NO6S. The summed E-state index contributed by atoms with van der Waals surface area (Å²) in [7, 11) is -0.697. The topological polar surface area (TPSA) is 94.8 Å². The number of hydrogen-bond donors (Lipinski definition) is 1. The average molecular weight is 429 g/mol. The molecule has 0 atom stereocenters. The highest BCUT2D eigenvalue weighted by molar-refractivity contribution is 7.91. The molecule has 0 spiro atoms. The van der Waals surface area contributed by atoms with E-state index in [2.05, 4.69) is 5.32 Å². The second-order valence-corrected chi connectivity index (χ2v) is 8.51. The van der Waals surface area contributed by atoms with Crippen molar-refractivity contribution in [2.45, 2.75) is 23.3 Å². The van der Waals surface area contributed by atoms with Crippen LogP contribution < -0.4 is 14.8 Å². The van der Waals surface area contributed by atoms with Gasteiger partial charge >= 0.3 is 0 Å². The van der Waals surface area contributed by atoms with Crippen LogP contribution in [-0.4, -0.2) is 35.1 Å². The van der Waals surface area contributed by atoms with Crippen molar-refractivity contribution in [1.29, 1.82) is 0 Å². The van der Waals surface area contributed by atoms with Gasteiger partial charge in [0.2, 0.25) is 14.9 Å². The molecule has 3 aromatic rings. The number of sulfone groups is 1. The van der Waals surface area contributed by atoms with E-state index in [1.54, 1.807) is 32.4 Å². The molecule has 7 nitrogen and oxygen atoms in total. The summed E-state index contributed by atoms with van der Waals surface area (Å²) >= 11 is 0. The number of carbonyl (C=O) groups is 1. The maximum atomic E-state index is 12.6. The number of benzene rings is 2. The van der Waals surface area contributed by atoms with Crippen LogP contribution in [0, 0.1) is 6.92 Å². The van der Waals surface area contributed by atoms with E-state index in [0.717, 1.165) is 11.1 Å². The van der Waals surface area contributed by atoms with Crippen molar-refractivity contribution in [2.24, 2.45) is 0 Å². The highest BCUT2D eigenvalue weighted by Gasteiger charge is 2.23. The number of rotatable bonds is 8. The van der Waals surface area contributed by atoms with Crippen LogP contribution in [0.25, 0.3) is 0 Å². The summed E-state index contributed by atoms with van der Waals surface area (Å²) < 4.78 is 41.1. The van der Waals surface area contributed by atoms with Crippen LogP contribution >= 0.6 is 0 Å². The quantitative estimate of drug-likeness (QED) is 0.590. The van der Waals surface area contributed by atoms with Crippen LogP contribution in [0.3, 0.4) is 0 Å². The van der Waals surface area contributed by atoms with Gasteiger partial charge in [0.1, 0.15) is 0 Å². The molecule has 0 aliphatic carbocycles. The Morgan fingerprint density at radius 2 is 1.67 bits per heavy atom. The van der Waals surface area contributed by atoms with Crippen molar-refractivity contribution in [3.05, 3.63) is 71.5 Å². The van der Waals surface area contributed by atoms with E-state index in [0.29, 0.717) is 24.5 Å². The Morgan fingerprint density at radius 1 is 0.967 bits per heavy atom. The first-order valence-electron chi connectivity index (χ1n) is 9.26. The Kier molecular flexibility index (Phi) is 6.47. The van der Waals surface area contributed by atoms with Crippen LogP contribution in [-0.2, 0) is 16.3 Å². The molecule has 0 aliphatic rings. The zero-order valence-electron chi connectivity index (χ0n) is 17.0. The maximum absolute atomic E-state index is 12.6. The number of amides is 1. The Labute approximate surface area is 175 Å². The summed E-state index contributed by atoms with van der Waals surface area (Å²) in [5.41, 5.74) is 1.90. The molecule has 0 bridgehead atoms. The van der Waals surface area contributed by atoms with Crippen molar-refractivity contribution in [3.63, 3.8) is 0 Å². The second-order valence-electron chi connectivity index (χ2n) is 6.63. The molecule has 1 aromatic heterocycles. The zero-order chi connectivity index (χ0) is 21.7. The third kappa shape index (κ3) is 4.65. The number of nitrogens with one attached hydrogen (secondary N) is 1. The third-order valence-corrected chi connectivity index (χ3v) is 6.19. The Balaban J connectivity index is 1.63. The number of furan rings is 1. The van der Waals surface area contributed by atoms with Gasteiger partial charge in [-0.2, -0.15) is 0 Å². The van der Waals surface area contributed by atoms with Crippen LogP contribution in [0.15, 0.2) is 69.0 Å². The van der Waals surface area contributed by atoms with E-state index in [1.165, 1.54) is 24.3 Å². The first-order chi connectivity index (χ1) is 14.3. The molecule has 0 unspecified atom stereocenters. The fraction of sp³-hybridized carbons (Fsp3) is 0.227. The lowest BCUT2D eigenvalue weighted by Gasteiger charge is -2.09. The molecular weight excluding hydrogens is 406 g/mol. The standard InChI is InChI=1S/C22H23NO6S/c1-15-4-7-17(8-5-15)30(25,26)21-11-10-19(29-21)22(24)23-13-12-16-6-9-18(27-2)20(14-16)28-3/h4-11,14H,12-13H2,1-3H3,(H,23,24). The lowest BCUT2D eigenvalue weighted by atomic mass is 10.1. The number of methoxy groups -OCH3 is 2. The van der Waals surface area contributed by atoms with E-state index < -0.39 is 15.7 Å². The Hall–Kier alpha value is -3.26. The molecule has 8 heteroatoms. The van der Waals surface area contributed by atoms with Crippen LogP contribution in [0.4, 0.5) is 0 Å². The lowest BCUT2D eigenvalue weighted by Crippen LogP contribution is -2.25. The van der Waals surface area contributed by atoms with Gasteiger partial charge in [-0.25, -0.2) is 8.42 Å². The van der Waals surface area contributed by atoms with Gasteiger partial charge in [0.25, 0.3) is 5.91 Å². The third-order valence-electron chi connectivity index (χ3n) is 4.55. The summed E-state index contributed by atoms with van der Waals surface area (Å²) in [5, 5.41) is 2.46. The molecule has 158 valence electrons. The highest BCUT2D eigenvalue weighted by Crippen LogP contribution is 2.27. The smallest absolute Gasteiger partial charge is 0.287 e. The minimum Gasteiger partial charge on any atom is -0.493 e. The van der Waals surface area contributed by atoms with Crippen molar-refractivity contribution >= 4 is 15.7 Å². The molecule has 0 saturated heterocycles. The maximum Gasteiger partial charge on any atom is 0.287 e. The Bertz CT molecular complexity index is 1130. The van der Waals surface area contributed by atoms with Gasteiger partial charge < -0.3 is 19.2 Å². The van der Waals surface area contributed by atoms with Gasteiger partial charge in [0.05, 0.1) is 19.1 Å². The van der Waals surface area contributed by atoms with E-state index in [9.17, 15) is 13.2 Å². The normalized spacial score (nSPS) is 11.2. The summed E-state index contributed by atoms with van der Waals surface area (Å²) in [6, 6.07) is 14.6. The monoisotopic (exact) mass is 429 g/mol. The minimum atomic E-state index is -3.82. The largest absolute Gasteiger partial charge is 0.493 e. The number of ether oxygens (including phenoxy) is 2. The summed E-state index contributed by atoms with van der Waals surface area (Å²) in [6.07, 6.45) is 0.557. The molecule has 1 N–H and O–H groups in total. The lowest BCUT2D eigenvalue weighted by molar-refractivity contribution is 0.0921. The van der Waals surface area contributed by atoms with E-state index >= 15 is 0 Å². The fourth-order valence-electron chi connectivity index (χ4n) is 2.86. The molecule has 3 rings (SSSR count). The molecule has 1 amide bonds. The van der Waals surface area contributed by atoms with Crippen molar-refractivity contribution in [1.82, 2.24) is 5.32 Å². The van der Waals surface area contributed by atoms with Gasteiger partial charge in [-0.05, 0) is 55.3 Å². The zero-order valence-corrected chi connectivity index (χ0v) is 17.8. The molecule has 1 heterocycles. The first kappa shape index (κ1) is 21.4. The van der Waals surface area contributed by atoms with Gasteiger partial charge in [-0.15, -0.1) is 0 Å². The summed E-state index contributed by atoms with van der Waals surface area (Å²) in [4.78, 5) is 12.4. The molecule has 0 aliphatic heterocycles. The Morgan fingerprint density at radius 3 is 2.33 bits per heavy atom. The van der Waals surface area contributed by atoms with Gasteiger partial charge in [-0.3, -0.25) is 4.79 Å². The minimum absolute atomic E-state index is 0.0620. The number of aryl methyl sites for hydroxylation is 1. The average Bonchev–Trinajstić information content (AvgIpc) is 3.25. The molecule has 30 heavy (non-hydrogen) atoms. The van der Waals surface area contributed by atoms with Gasteiger partial charge in [-0.1, -0.05) is 23.8 Å².